The summed E-state index contributed by atoms with van der Waals surface area (Å²) in [6.45, 7) is 4.55. The average Bonchev–Trinajstić information content (AvgIpc) is 3.30. The van der Waals surface area contributed by atoms with E-state index in [0.717, 1.165) is 18.6 Å². The molecule has 4 rings (SSSR count). The molecule has 2 aromatic heterocycles. The maximum absolute atomic E-state index is 12.7. The Morgan fingerprint density at radius 1 is 1.44 bits per heavy atom. The van der Waals surface area contributed by atoms with Crippen LogP contribution in [0.25, 0.3) is 0 Å². The number of carbonyl (C=O) groups excluding carboxylic acids is 1. The normalized spacial score (nSPS) is 26.9. The van der Waals surface area contributed by atoms with Crippen LogP contribution in [0.1, 0.15) is 29.2 Å². The van der Waals surface area contributed by atoms with Gasteiger partial charge >= 0.3 is 0 Å². The van der Waals surface area contributed by atoms with E-state index in [1.54, 1.807) is 28.0 Å². The second kappa shape index (κ2) is 6.61. The molecule has 134 valence electrons. The molecule has 2 aromatic rings. The monoisotopic (exact) mass is 346 g/mol. The van der Waals surface area contributed by atoms with Crippen LogP contribution in [0.2, 0.25) is 0 Å². The summed E-state index contributed by atoms with van der Waals surface area (Å²) >= 11 is 0. The fourth-order valence-electron chi connectivity index (χ4n) is 3.57. The molecule has 8 heteroatoms. The molecule has 0 aliphatic carbocycles. The molecule has 0 bridgehead atoms. The van der Waals surface area contributed by atoms with Gasteiger partial charge in [0.05, 0.1) is 32.4 Å². The lowest BCUT2D eigenvalue weighted by atomic mass is 10.00. The van der Waals surface area contributed by atoms with E-state index in [2.05, 4.69) is 10.1 Å². The topological polar surface area (TPSA) is 82.6 Å². The summed E-state index contributed by atoms with van der Waals surface area (Å²) in [4.78, 5) is 18.5. The van der Waals surface area contributed by atoms with Gasteiger partial charge in [0.15, 0.2) is 5.76 Å². The Balaban J connectivity index is 1.45. The van der Waals surface area contributed by atoms with E-state index in [0.29, 0.717) is 38.6 Å². The molecule has 0 saturated carbocycles. The summed E-state index contributed by atoms with van der Waals surface area (Å²) in [7, 11) is 0. The van der Waals surface area contributed by atoms with Crippen LogP contribution < -0.4 is 0 Å². The smallest absolute Gasteiger partial charge is 0.289 e. The van der Waals surface area contributed by atoms with Gasteiger partial charge < -0.3 is 18.8 Å². The number of rotatable bonds is 3. The van der Waals surface area contributed by atoms with Gasteiger partial charge in [0, 0.05) is 6.54 Å². The predicted octanol–water partition coefficient (Wildman–Crippen LogP) is 1.27. The zero-order chi connectivity index (χ0) is 17.3. The molecule has 1 spiro atoms. The SMILES string of the molecule is Cc1ccc(C(=O)N2CCOC[C@@]3(CC[C@@H](Cn4cncn4)O3)C2)o1. The van der Waals surface area contributed by atoms with Crippen LogP contribution in [0.15, 0.2) is 29.2 Å². The number of amides is 1. The highest BCUT2D eigenvalue weighted by Crippen LogP contribution is 2.34. The number of hydrogen-bond donors (Lipinski definition) is 0. The Morgan fingerprint density at radius 3 is 3.12 bits per heavy atom. The predicted molar refractivity (Wildman–Crippen MR) is 87.0 cm³/mol. The van der Waals surface area contributed by atoms with Crippen molar-refractivity contribution >= 4 is 5.91 Å². The third-order valence-corrected chi connectivity index (χ3v) is 4.78. The van der Waals surface area contributed by atoms with Crippen molar-refractivity contribution in [2.75, 3.05) is 26.3 Å². The number of carbonyl (C=O) groups is 1. The maximum Gasteiger partial charge on any atom is 0.289 e. The van der Waals surface area contributed by atoms with Gasteiger partial charge in [-0.3, -0.25) is 9.48 Å². The average molecular weight is 346 g/mol. The first-order chi connectivity index (χ1) is 12.1. The van der Waals surface area contributed by atoms with E-state index in [-0.39, 0.29) is 12.0 Å². The van der Waals surface area contributed by atoms with Crippen molar-refractivity contribution < 1.29 is 18.7 Å². The minimum absolute atomic E-state index is 0.0474. The van der Waals surface area contributed by atoms with Crippen molar-refractivity contribution in [2.24, 2.45) is 0 Å². The molecule has 0 radical (unpaired) electrons. The standard InChI is InChI=1S/C17H22N4O4/c1-13-2-3-15(24-13)16(22)20-6-7-23-10-17(9-20)5-4-14(25-17)8-21-12-18-11-19-21/h2-3,11-12,14H,4-10H2,1H3/t14-,17+/m0/s1. The summed E-state index contributed by atoms with van der Waals surface area (Å²) in [6.07, 6.45) is 5.02. The molecule has 2 atom stereocenters. The van der Waals surface area contributed by atoms with Crippen molar-refractivity contribution in [1.82, 2.24) is 19.7 Å². The second-order valence-electron chi connectivity index (χ2n) is 6.77. The van der Waals surface area contributed by atoms with Crippen LogP contribution in [-0.2, 0) is 16.0 Å². The molecule has 2 fully saturated rings. The Hall–Kier alpha value is -2.19. The quantitative estimate of drug-likeness (QED) is 0.832. The number of nitrogens with zero attached hydrogens (tertiary/aromatic N) is 4. The molecule has 2 aliphatic rings. The minimum Gasteiger partial charge on any atom is -0.456 e. The van der Waals surface area contributed by atoms with Gasteiger partial charge in [0.1, 0.15) is 24.0 Å². The second-order valence-corrected chi connectivity index (χ2v) is 6.77. The van der Waals surface area contributed by atoms with E-state index in [9.17, 15) is 4.79 Å². The molecule has 25 heavy (non-hydrogen) atoms. The molecule has 4 heterocycles. The fraction of sp³-hybridized carbons (Fsp3) is 0.588. The van der Waals surface area contributed by atoms with Crippen LogP contribution in [0.3, 0.4) is 0 Å². The first-order valence-corrected chi connectivity index (χ1v) is 8.57. The lowest BCUT2D eigenvalue weighted by molar-refractivity contribution is -0.0882. The molecule has 0 N–H and O–H groups in total. The maximum atomic E-state index is 12.7. The lowest BCUT2D eigenvalue weighted by Crippen LogP contribution is -2.46. The molecule has 1 amide bonds. The van der Waals surface area contributed by atoms with Crippen molar-refractivity contribution in [3.05, 3.63) is 36.3 Å². The Morgan fingerprint density at radius 2 is 2.36 bits per heavy atom. The van der Waals surface area contributed by atoms with Crippen molar-refractivity contribution in [1.29, 1.82) is 0 Å². The summed E-state index contributed by atoms with van der Waals surface area (Å²) < 4.78 is 19.3. The third-order valence-electron chi connectivity index (χ3n) is 4.78. The zero-order valence-corrected chi connectivity index (χ0v) is 14.3. The van der Waals surface area contributed by atoms with Gasteiger partial charge in [-0.05, 0) is 31.9 Å². The number of hydrogen-bond acceptors (Lipinski definition) is 6. The number of aromatic nitrogens is 3. The highest BCUT2D eigenvalue weighted by molar-refractivity contribution is 5.91. The van der Waals surface area contributed by atoms with E-state index >= 15 is 0 Å². The summed E-state index contributed by atoms with van der Waals surface area (Å²) in [5.74, 6) is 0.988. The number of furan rings is 1. The van der Waals surface area contributed by atoms with Gasteiger partial charge in [0.25, 0.3) is 5.91 Å². The van der Waals surface area contributed by atoms with Crippen LogP contribution in [0.4, 0.5) is 0 Å². The molecular weight excluding hydrogens is 324 g/mol. The van der Waals surface area contributed by atoms with Crippen LogP contribution in [0.5, 0.6) is 0 Å². The number of aryl methyl sites for hydroxylation is 1. The van der Waals surface area contributed by atoms with Gasteiger partial charge in [-0.1, -0.05) is 0 Å². The van der Waals surface area contributed by atoms with Gasteiger partial charge in [0.2, 0.25) is 0 Å². The molecular formula is C17H22N4O4. The molecule has 2 saturated heterocycles. The van der Waals surface area contributed by atoms with Crippen LogP contribution >= 0.6 is 0 Å². The van der Waals surface area contributed by atoms with Crippen molar-refractivity contribution in [2.45, 2.75) is 38.0 Å². The number of ether oxygens (including phenoxy) is 2. The summed E-state index contributed by atoms with van der Waals surface area (Å²) in [5, 5.41) is 4.13. The minimum atomic E-state index is -0.459. The molecule has 0 unspecified atom stereocenters. The summed E-state index contributed by atoms with van der Waals surface area (Å²) in [6, 6.07) is 3.52. The third kappa shape index (κ3) is 3.45. The first kappa shape index (κ1) is 16.3. The molecule has 2 aliphatic heterocycles. The van der Waals surface area contributed by atoms with Crippen molar-refractivity contribution in [3.8, 4) is 0 Å². The van der Waals surface area contributed by atoms with Crippen LogP contribution in [-0.4, -0.2) is 63.6 Å². The van der Waals surface area contributed by atoms with Crippen molar-refractivity contribution in [3.63, 3.8) is 0 Å². The van der Waals surface area contributed by atoms with Gasteiger partial charge in [-0.2, -0.15) is 5.10 Å². The lowest BCUT2D eigenvalue weighted by Gasteiger charge is -2.31. The summed E-state index contributed by atoms with van der Waals surface area (Å²) in [5.41, 5.74) is -0.459. The Bertz CT molecular complexity index is 729. The van der Waals surface area contributed by atoms with E-state index < -0.39 is 5.60 Å². The Labute approximate surface area is 145 Å². The van der Waals surface area contributed by atoms with E-state index in [1.807, 2.05) is 6.92 Å². The fourth-order valence-corrected chi connectivity index (χ4v) is 3.57. The van der Waals surface area contributed by atoms with Gasteiger partial charge in [-0.15, -0.1) is 0 Å². The zero-order valence-electron chi connectivity index (χ0n) is 14.3. The highest BCUT2D eigenvalue weighted by Gasteiger charge is 2.44. The van der Waals surface area contributed by atoms with E-state index in [1.165, 1.54) is 6.33 Å². The Kier molecular flexibility index (Phi) is 4.30. The first-order valence-electron chi connectivity index (χ1n) is 8.57. The van der Waals surface area contributed by atoms with Crippen LogP contribution in [0, 0.1) is 6.92 Å². The van der Waals surface area contributed by atoms with E-state index in [4.69, 9.17) is 13.9 Å². The highest BCUT2D eigenvalue weighted by atomic mass is 16.6. The molecule has 8 nitrogen and oxygen atoms in total. The van der Waals surface area contributed by atoms with Gasteiger partial charge in [-0.25, -0.2) is 4.98 Å². The molecule has 0 aromatic carbocycles. The largest absolute Gasteiger partial charge is 0.456 e.